The summed E-state index contributed by atoms with van der Waals surface area (Å²) in [6.45, 7) is 6.15. The standard InChI is InChI=1S/C11H21N5O2S/c1-10-7-12-3-5-16(10)6-4-14-19(17,18)11-8-13-15(2)9-11/h8-10,12,14H,3-7H2,1-2H3/t10-/m1/s1. The third-order valence-electron chi connectivity index (χ3n) is 3.32. The Kier molecular flexibility index (Phi) is 4.56. The lowest BCUT2D eigenvalue weighted by Gasteiger charge is -2.33. The first kappa shape index (κ1) is 14.4. The molecule has 1 saturated heterocycles. The summed E-state index contributed by atoms with van der Waals surface area (Å²) >= 11 is 0. The summed E-state index contributed by atoms with van der Waals surface area (Å²) in [5.74, 6) is 0. The highest BCUT2D eigenvalue weighted by Crippen LogP contribution is 2.06. The molecule has 108 valence electrons. The molecule has 19 heavy (non-hydrogen) atoms. The van der Waals surface area contributed by atoms with E-state index >= 15 is 0 Å². The fourth-order valence-corrected chi connectivity index (χ4v) is 3.16. The molecule has 2 N–H and O–H groups in total. The number of hydrogen-bond donors (Lipinski definition) is 2. The molecule has 1 aromatic heterocycles. The Morgan fingerprint density at radius 3 is 3.00 bits per heavy atom. The van der Waals surface area contributed by atoms with Crippen molar-refractivity contribution in [3.8, 4) is 0 Å². The lowest BCUT2D eigenvalue weighted by atomic mass is 10.2. The monoisotopic (exact) mass is 287 g/mol. The van der Waals surface area contributed by atoms with E-state index in [0.717, 1.165) is 26.2 Å². The van der Waals surface area contributed by atoms with Crippen molar-refractivity contribution >= 4 is 10.0 Å². The summed E-state index contributed by atoms with van der Waals surface area (Å²) in [4.78, 5) is 2.49. The maximum Gasteiger partial charge on any atom is 0.243 e. The van der Waals surface area contributed by atoms with Gasteiger partial charge in [0.1, 0.15) is 4.90 Å². The van der Waals surface area contributed by atoms with Crippen molar-refractivity contribution in [1.82, 2.24) is 24.7 Å². The van der Waals surface area contributed by atoms with Crippen LogP contribution in [0.25, 0.3) is 0 Å². The molecule has 8 heteroatoms. The highest BCUT2D eigenvalue weighted by atomic mass is 32.2. The van der Waals surface area contributed by atoms with E-state index in [2.05, 4.69) is 27.0 Å². The molecule has 1 aromatic rings. The molecule has 0 aliphatic carbocycles. The van der Waals surface area contributed by atoms with Crippen LogP contribution < -0.4 is 10.0 Å². The molecular formula is C11H21N5O2S. The van der Waals surface area contributed by atoms with Gasteiger partial charge in [-0.05, 0) is 6.92 Å². The molecule has 0 radical (unpaired) electrons. The SMILES string of the molecule is C[C@@H]1CNCCN1CCNS(=O)(=O)c1cnn(C)c1. The van der Waals surface area contributed by atoms with E-state index < -0.39 is 10.0 Å². The summed E-state index contributed by atoms with van der Waals surface area (Å²) in [7, 11) is -1.74. The van der Waals surface area contributed by atoms with Gasteiger partial charge >= 0.3 is 0 Å². The second-order valence-corrected chi connectivity index (χ2v) is 6.60. The normalized spacial score (nSPS) is 21.7. The average molecular weight is 287 g/mol. The zero-order valence-electron chi connectivity index (χ0n) is 11.3. The summed E-state index contributed by atoms with van der Waals surface area (Å²) in [5, 5.41) is 7.18. The summed E-state index contributed by atoms with van der Waals surface area (Å²) < 4.78 is 28.0. The first-order valence-corrected chi connectivity index (χ1v) is 7.90. The Labute approximate surface area is 114 Å². The number of piperazine rings is 1. The van der Waals surface area contributed by atoms with E-state index in [0.29, 0.717) is 12.6 Å². The Balaban J connectivity index is 1.85. The van der Waals surface area contributed by atoms with Gasteiger partial charge in [-0.2, -0.15) is 5.10 Å². The second-order valence-electron chi connectivity index (χ2n) is 4.84. The average Bonchev–Trinajstić information content (AvgIpc) is 2.79. The molecule has 1 aliphatic rings. The highest BCUT2D eigenvalue weighted by Gasteiger charge is 2.19. The topological polar surface area (TPSA) is 79.3 Å². The third-order valence-corrected chi connectivity index (χ3v) is 4.74. The molecule has 0 bridgehead atoms. The molecular weight excluding hydrogens is 266 g/mol. The molecule has 0 aromatic carbocycles. The van der Waals surface area contributed by atoms with Crippen LogP contribution in [0.3, 0.4) is 0 Å². The molecule has 2 rings (SSSR count). The van der Waals surface area contributed by atoms with Crippen LogP contribution in [0.4, 0.5) is 0 Å². The number of hydrogen-bond acceptors (Lipinski definition) is 5. The maximum atomic E-state index is 12.0. The molecule has 0 saturated carbocycles. The van der Waals surface area contributed by atoms with E-state index in [1.165, 1.54) is 17.1 Å². The van der Waals surface area contributed by atoms with E-state index in [1.807, 2.05) is 0 Å². The smallest absolute Gasteiger partial charge is 0.243 e. The van der Waals surface area contributed by atoms with Crippen LogP contribution in [0.15, 0.2) is 17.3 Å². The van der Waals surface area contributed by atoms with Crippen LogP contribution in [-0.4, -0.2) is 61.9 Å². The molecule has 0 amide bonds. The summed E-state index contributed by atoms with van der Waals surface area (Å²) in [5.41, 5.74) is 0. The van der Waals surface area contributed by atoms with Gasteiger partial charge in [0.25, 0.3) is 0 Å². The molecule has 2 heterocycles. The highest BCUT2D eigenvalue weighted by molar-refractivity contribution is 7.89. The minimum Gasteiger partial charge on any atom is -0.314 e. The maximum absolute atomic E-state index is 12.0. The van der Waals surface area contributed by atoms with E-state index in [1.54, 1.807) is 7.05 Å². The number of sulfonamides is 1. The zero-order chi connectivity index (χ0) is 13.9. The predicted molar refractivity (Wildman–Crippen MR) is 72.3 cm³/mol. The van der Waals surface area contributed by atoms with Gasteiger partial charge in [0.2, 0.25) is 10.0 Å². The molecule has 0 unspecified atom stereocenters. The van der Waals surface area contributed by atoms with Gasteiger partial charge < -0.3 is 5.32 Å². The summed E-state index contributed by atoms with van der Waals surface area (Å²) in [6, 6.07) is 0.441. The van der Waals surface area contributed by atoms with Crippen LogP contribution in [-0.2, 0) is 17.1 Å². The zero-order valence-corrected chi connectivity index (χ0v) is 12.2. The van der Waals surface area contributed by atoms with Crippen LogP contribution in [0.1, 0.15) is 6.92 Å². The Bertz CT molecular complexity index is 513. The number of rotatable bonds is 5. The molecule has 1 fully saturated rings. The van der Waals surface area contributed by atoms with Gasteiger partial charge in [0.05, 0.1) is 6.20 Å². The van der Waals surface area contributed by atoms with Crippen molar-refractivity contribution in [2.24, 2.45) is 7.05 Å². The van der Waals surface area contributed by atoms with Gasteiger partial charge in [-0.3, -0.25) is 9.58 Å². The van der Waals surface area contributed by atoms with Crippen molar-refractivity contribution < 1.29 is 8.42 Å². The van der Waals surface area contributed by atoms with E-state index in [4.69, 9.17) is 0 Å². The Morgan fingerprint density at radius 2 is 2.37 bits per heavy atom. The quantitative estimate of drug-likeness (QED) is 0.725. The fourth-order valence-electron chi connectivity index (χ4n) is 2.16. The van der Waals surface area contributed by atoms with Gasteiger partial charge in [-0.25, -0.2) is 13.1 Å². The van der Waals surface area contributed by atoms with Crippen LogP contribution in [0, 0.1) is 0 Å². The van der Waals surface area contributed by atoms with Gasteiger partial charge in [-0.1, -0.05) is 0 Å². The molecule has 1 aliphatic heterocycles. The Morgan fingerprint density at radius 1 is 1.58 bits per heavy atom. The third kappa shape index (κ3) is 3.75. The minimum absolute atomic E-state index is 0.211. The molecule has 1 atom stereocenters. The van der Waals surface area contributed by atoms with E-state index in [-0.39, 0.29) is 4.90 Å². The number of nitrogens with zero attached hydrogens (tertiary/aromatic N) is 3. The lowest BCUT2D eigenvalue weighted by Crippen LogP contribution is -2.51. The first-order chi connectivity index (χ1) is 8.99. The van der Waals surface area contributed by atoms with Gasteiger partial charge in [0.15, 0.2) is 0 Å². The van der Waals surface area contributed by atoms with Crippen LogP contribution in [0.5, 0.6) is 0 Å². The second kappa shape index (κ2) is 6.00. The lowest BCUT2D eigenvalue weighted by molar-refractivity contribution is 0.177. The van der Waals surface area contributed by atoms with Crippen LogP contribution in [0.2, 0.25) is 0 Å². The predicted octanol–water partition coefficient (Wildman–Crippen LogP) is -1.01. The molecule has 7 nitrogen and oxygen atoms in total. The van der Waals surface area contributed by atoms with Gasteiger partial charge in [0, 0.05) is 52.0 Å². The van der Waals surface area contributed by atoms with E-state index in [9.17, 15) is 8.42 Å². The van der Waals surface area contributed by atoms with Gasteiger partial charge in [-0.15, -0.1) is 0 Å². The summed E-state index contributed by atoms with van der Waals surface area (Å²) in [6.07, 6.45) is 2.85. The molecule has 0 spiro atoms. The number of aryl methyl sites for hydroxylation is 1. The van der Waals surface area contributed by atoms with Crippen molar-refractivity contribution in [2.75, 3.05) is 32.7 Å². The number of aromatic nitrogens is 2. The van der Waals surface area contributed by atoms with Crippen molar-refractivity contribution in [3.63, 3.8) is 0 Å². The number of nitrogens with one attached hydrogen (secondary N) is 2. The minimum atomic E-state index is -3.43. The first-order valence-electron chi connectivity index (χ1n) is 6.42. The van der Waals surface area contributed by atoms with Crippen molar-refractivity contribution in [1.29, 1.82) is 0 Å². The van der Waals surface area contributed by atoms with Crippen molar-refractivity contribution in [2.45, 2.75) is 17.9 Å². The largest absolute Gasteiger partial charge is 0.314 e. The Hall–Kier alpha value is -0.960. The van der Waals surface area contributed by atoms with Crippen LogP contribution >= 0.6 is 0 Å². The fraction of sp³-hybridized carbons (Fsp3) is 0.727. The van der Waals surface area contributed by atoms with Crippen molar-refractivity contribution in [3.05, 3.63) is 12.4 Å².